The lowest BCUT2D eigenvalue weighted by Crippen LogP contribution is -2.32. The molecule has 0 aliphatic carbocycles. The molecule has 0 unspecified atom stereocenters. The van der Waals surface area contributed by atoms with Crippen molar-refractivity contribution in [2.24, 2.45) is 0 Å². The second-order valence-electron chi connectivity index (χ2n) is 4.09. The highest BCUT2D eigenvalue weighted by atomic mass is 16.5. The molecule has 1 aliphatic rings. The third-order valence-corrected chi connectivity index (χ3v) is 3.05. The van der Waals surface area contributed by atoms with Gasteiger partial charge < -0.3 is 14.8 Å². The highest BCUT2D eigenvalue weighted by Gasteiger charge is 2.25. The minimum atomic E-state index is -0.0117. The van der Waals surface area contributed by atoms with Crippen molar-refractivity contribution in [3.05, 3.63) is 23.8 Å². The Bertz CT molecular complexity index is 395. The summed E-state index contributed by atoms with van der Waals surface area (Å²) in [4.78, 5) is 11.5. The van der Waals surface area contributed by atoms with Crippen molar-refractivity contribution >= 4 is 5.91 Å². The lowest BCUT2D eigenvalue weighted by molar-refractivity contribution is -0.123. The Morgan fingerprint density at radius 3 is 2.41 bits per heavy atom. The smallest absolute Gasteiger partial charge is 0.220 e. The van der Waals surface area contributed by atoms with Crippen LogP contribution >= 0.6 is 0 Å². The molecule has 1 fully saturated rings. The number of ether oxygens (including phenoxy) is 2. The molecule has 4 nitrogen and oxygen atoms in total. The summed E-state index contributed by atoms with van der Waals surface area (Å²) in [6.45, 7) is 0. The van der Waals surface area contributed by atoms with Crippen molar-refractivity contribution in [3.8, 4) is 11.5 Å². The van der Waals surface area contributed by atoms with E-state index in [4.69, 9.17) is 9.47 Å². The second-order valence-corrected chi connectivity index (χ2v) is 4.09. The van der Waals surface area contributed by atoms with Crippen LogP contribution in [0.1, 0.15) is 30.9 Å². The van der Waals surface area contributed by atoms with E-state index in [1.807, 2.05) is 18.2 Å². The molecule has 1 atom stereocenters. The molecule has 1 aromatic carbocycles. The molecule has 0 bridgehead atoms. The zero-order chi connectivity index (χ0) is 12.3. The van der Waals surface area contributed by atoms with Gasteiger partial charge in [-0.1, -0.05) is 6.07 Å². The van der Waals surface area contributed by atoms with Gasteiger partial charge in [-0.25, -0.2) is 0 Å². The summed E-state index contributed by atoms with van der Waals surface area (Å²) >= 11 is 0. The van der Waals surface area contributed by atoms with Gasteiger partial charge in [-0.15, -0.1) is 0 Å². The predicted octanol–water partition coefficient (Wildman–Crippen LogP) is 2.04. The Hall–Kier alpha value is -1.71. The molecule has 0 radical (unpaired) electrons. The van der Waals surface area contributed by atoms with Gasteiger partial charge in [0.2, 0.25) is 5.91 Å². The summed E-state index contributed by atoms with van der Waals surface area (Å²) in [7, 11) is 3.26. The minimum Gasteiger partial charge on any atom is -0.496 e. The van der Waals surface area contributed by atoms with E-state index in [0.29, 0.717) is 6.42 Å². The Balaban J connectivity index is 2.37. The summed E-state index contributed by atoms with van der Waals surface area (Å²) in [5.74, 6) is 1.61. The van der Waals surface area contributed by atoms with Gasteiger partial charge in [-0.05, 0) is 25.0 Å². The van der Waals surface area contributed by atoms with Gasteiger partial charge in [0.1, 0.15) is 11.5 Å². The first-order chi connectivity index (χ1) is 8.26. The van der Waals surface area contributed by atoms with Crippen LogP contribution < -0.4 is 14.8 Å². The van der Waals surface area contributed by atoms with E-state index in [2.05, 4.69) is 5.32 Å². The molecule has 2 rings (SSSR count). The summed E-state index contributed by atoms with van der Waals surface area (Å²) in [5.41, 5.74) is 0.936. The maximum atomic E-state index is 11.5. The van der Waals surface area contributed by atoms with Crippen molar-refractivity contribution in [1.29, 1.82) is 0 Å². The highest BCUT2D eigenvalue weighted by molar-refractivity contribution is 5.77. The quantitative estimate of drug-likeness (QED) is 0.872. The first-order valence-electron chi connectivity index (χ1n) is 5.76. The monoisotopic (exact) mass is 235 g/mol. The fraction of sp³-hybridized carbons (Fsp3) is 0.462. The van der Waals surface area contributed by atoms with Crippen LogP contribution in [-0.2, 0) is 4.79 Å². The van der Waals surface area contributed by atoms with Crippen LogP contribution in [0.5, 0.6) is 11.5 Å². The van der Waals surface area contributed by atoms with E-state index in [-0.39, 0.29) is 11.9 Å². The molecule has 0 aromatic heterocycles. The average molecular weight is 235 g/mol. The van der Waals surface area contributed by atoms with E-state index in [9.17, 15) is 4.79 Å². The summed E-state index contributed by atoms with van der Waals surface area (Å²) in [6.07, 6.45) is 2.42. The van der Waals surface area contributed by atoms with Crippen LogP contribution in [0.15, 0.2) is 18.2 Å². The second kappa shape index (κ2) is 5.08. The van der Waals surface area contributed by atoms with E-state index in [1.54, 1.807) is 14.2 Å². The number of nitrogens with one attached hydrogen (secondary N) is 1. The van der Waals surface area contributed by atoms with Gasteiger partial charge in [0, 0.05) is 6.42 Å². The Morgan fingerprint density at radius 1 is 1.24 bits per heavy atom. The van der Waals surface area contributed by atoms with Gasteiger partial charge in [0.05, 0.1) is 25.8 Å². The number of rotatable bonds is 3. The van der Waals surface area contributed by atoms with Crippen molar-refractivity contribution < 1.29 is 14.3 Å². The Labute approximate surface area is 101 Å². The molecular weight excluding hydrogens is 218 g/mol. The van der Waals surface area contributed by atoms with Gasteiger partial charge in [-0.3, -0.25) is 4.79 Å². The van der Waals surface area contributed by atoms with E-state index in [0.717, 1.165) is 29.9 Å². The maximum Gasteiger partial charge on any atom is 0.220 e. The van der Waals surface area contributed by atoms with E-state index >= 15 is 0 Å². The fourth-order valence-corrected chi connectivity index (χ4v) is 2.25. The third-order valence-electron chi connectivity index (χ3n) is 3.05. The summed E-state index contributed by atoms with van der Waals surface area (Å²) < 4.78 is 10.7. The zero-order valence-electron chi connectivity index (χ0n) is 10.2. The SMILES string of the molecule is COc1cccc(OC)c1[C@H]1CCCC(=O)N1. The topological polar surface area (TPSA) is 47.6 Å². The van der Waals surface area contributed by atoms with Crippen LogP contribution in [-0.4, -0.2) is 20.1 Å². The molecular formula is C13H17NO3. The molecule has 1 aromatic rings. The van der Waals surface area contributed by atoms with E-state index < -0.39 is 0 Å². The normalized spacial score (nSPS) is 19.6. The molecule has 17 heavy (non-hydrogen) atoms. The number of methoxy groups -OCH3 is 2. The largest absolute Gasteiger partial charge is 0.496 e. The molecule has 0 saturated carbocycles. The van der Waals surface area contributed by atoms with Crippen molar-refractivity contribution in [2.75, 3.05) is 14.2 Å². The molecule has 1 heterocycles. The first-order valence-corrected chi connectivity index (χ1v) is 5.76. The number of piperidine rings is 1. The number of hydrogen-bond donors (Lipinski definition) is 1. The molecule has 1 saturated heterocycles. The number of carbonyl (C=O) groups excluding carboxylic acids is 1. The van der Waals surface area contributed by atoms with Crippen molar-refractivity contribution in [2.45, 2.75) is 25.3 Å². The van der Waals surface area contributed by atoms with Crippen molar-refractivity contribution in [3.63, 3.8) is 0 Å². The fourth-order valence-electron chi connectivity index (χ4n) is 2.25. The number of benzene rings is 1. The van der Waals surface area contributed by atoms with Crippen LogP contribution in [0.4, 0.5) is 0 Å². The lowest BCUT2D eigenvalue weighted by Gasteiger charge is -2.26. The van der Waals surface area contributed by atoms with Gasteiger partial charge >= 0.3 is 0 Å². The van der Waals surface area contributed by atoms with Crippen LogP contribution in [0.2, 0.25) is 0 Å². The summed E-state index contributed by atoms with van der Waals surface area (Å²) in [5, 5.41) is 2.98. The van der Waals surface area contributed by atoms with Crippen LogP contribution in [0, 0.1) is 0 Å². The highest BCUT2D eigenvalue weighted by Crippen LogP contribution is 2.37. The number of carbonyl (C=O) groups is 1. The number of amides is 1. The molecule has 1 amide bonds. The average Bonchev–Trinajstić information content (AvgIpc) is 2.37. The molecule has 92 valence electrons. The Morgan fingerprint density at radius 2 is 1.88 bits per heavy atom. The number of hydrogen-bond acceptors (Lipinski definition) is 3. The van der Waals surface area contributed by atoms with Gasteiger partial charge in [0.15, 0.2) is 0 Å². The van der Waals surface area contributed by atoms with E-state index in [1.165, 1.54) is 0 Å². The molecule has 0 spiro atoms. The Kier molecular flexibility index (Phi) is 3.52. The standard InChI is InChI=1S/C13H17NO3/c1-16-10-6-4-7-11(17-2)13(10)9-5-3-8-12(15)14-9/h4,6-7,9H,3,5,8H2,1-2H3,(H,14,15)/t9-/m1/s1. The zero-order valence-corrected chi connectivity index (χ0v) is 10.2. The molecule has 1 aliphatic heterocycles. The summed E-state index contributed by atoms with van der Waals surface area (Å²) in [6, 6.07) is 5.64. The maximum absolute atomic E-state index is 11.5. The predicted molar refractivity (Wildman–Crippen MR) is 64.3 cm³/mol. The van der Waals surface area contributed by atoms with Crippen molar-refractivity contribution in [1.82, 2.24) is 5.32 Å². The third kappa shape index (κ3) is 2.35. The lowest BCUT2D eigenvalue weighted by atomic mass is 9.95. The van der Waals surface area contributed by atoms with Crippen LogP contribution in [0.25, 0.3) is 0 Å². The minimum absolute atomic E-state index is 0.0117. The first kappa shape index (κ1) is 11.8. The molecule has 1 N–H and O–H groups in total. The van der Waals surface area contributed by atoms with Crippen LogP contribution in [0.3, 0.4) is 0 Å². The molecule has 4 heteroatoms. The van der Waals surface area contributed by atoms with Gasteiger partial charge in [-0.2, -0.15) is 0 Å². The van der Waals surface area contributed by atoms with Gasteiger partial charge in [0.25, 0.3) is 0 Å².